The fourth-order valence-corrected chi connectivity index (χ4v) is 3.98. The molecule has 0 aliphatic heterocycles. The number of amides is 1. The second kappa shape index (κ2) is 14.3. The molecule has 0 radical (unpaired) electrons. The predicted molar refractivity (Wildman–Crippen MR) is 144 cm³/mol. The van der Waals surface area contributed by atoms with Crippen LogP contribution in [-0.4, -0.2) is 69.2 Å². The number of aliphatic carboxylic acids is 2. The van der Waals surface area contributed by atoms with Crippen LogP contribution in [0.25, 0.3) is 0 Å². The van der Waals surface area contributed by atoms with Crippen molar-refractivity contribution in [2.45, 2.75) is 24.4 Å². The van der Waals surface area contributed by atoms with Gasteiger partial charge in [0.05, 0.1) is 18.4 Å². The van der Waals surface area contributed by atoms with Gasteiger partial charge in [0.2, 0.25) is 0 Å². The average molecular weight is 592 g/mol. The molecule has 43 heavy (non-hydrogen) atoms. The van der Waals surface area contributed by atoms with E-state index in [-0.39, 0.29) is 16.7 Å². The maximum atomic E-state index is 13.3. The molecular formula is C30H25NO12. The monoisotopic (exact) mass is 591 g/mol. The van der Waals surface area contributed by atoms with Crippen molar-refractivity contribution in [3.05, 3.63) is 107 Å². The quantitative estimate of drug-likeness (QED) is 0.175. The first-order valence-electron chi connectivity index (χ1n) is 12.6. The smallest absolute Gasteiger partial charge is 0.345 e. The van der Waals surface area contributed by atoms with Crippen LogP contribution in [0.3, 0.4) is 0 Å². The number of esters is 4. The zero-order chi connectivity index (χ0) is 31.6. The highest BCUT2D eigenvalue weighted by Crippen LogP contribution is 2.29. The van der Waals surface area contributed by atoms with E-state index in [0.717, 1.165) is 0 Å². The zero-order valence-corrected chi connectivity index (χ0v) is 22.3. The average Bonchev–Trinajstić information content (AvgIpc) is 2.96. The number of hydrogen-bond donors (Lipinski definition) is 4. The Morgan fingerprint density at radius 1 is 0.721 bits per heavy atom. The Morgan fingerprint density at radius 2 is 1.30 bits per heavy atom. The van der Waals surface area contributed by atoms with Crippen molar-refractivity contribution < 1.29 is 58.4 Å². The molecule has 222 valence electrons. The first kappa shape index (κ1) is 31.8. The Hall–Kier alpha value is -5.69. The molecule has 2 atom stereocenters. The summed E-state index contributed by atoms with van der Waals surface area (Å²) >= 11 is 0. The molecule has 0 spiro atoms. The number of hydrogen-bond acceptors (Lipinski definition) is 10. The molecule has 13 heteroatoms. The molecule has 0 aromatic heterocycles. The Kier molecular flexibility index (Phi) is 10.6. The van der Waals surface area contributed by atoms with Gasteiger partial charge in [-0.05, 0) is 29.3 Å². The van der Waals surface area contributed by atoms with Crippen molar-refractivity contribution in [3.63, 3.8) is 0 Å². The molecule has 0 aliphatic carbocycles. The van der Waals surface area contributed by atoms with Gasteiger partial charge in [-0.1, -0.05) is 66.7 Å². The Bertz CT molecular complexity index is 1540. The first-order chi connectivity index (χ1) is 20.4. The van der Waals surface area contributed by atoms with Crippen molar-refractivity contribution in [2.24, 2.45) is 0 Å². The van der Waals surface area contributed by atoms with Crippen molar-refractivity contribution >= 4 is 41.7 Å². The first-order valence-corrected chi connectivity index (χ1v) is 12.6. The predicted octanol–water partition coefficient (Wildman–Crippen LogP) is 1.68. The van der Waals surface area contributed by atoms with Crippen LogP contribution >= 0.6 is 0 Å². The lowest BCUT2D eigenvalue weighted by Gasteiger charge is -2.20. The van der Waals surface area contributed by atoms with E-state index in [4.69, 9.17) is 14.9 Å². The number of ether oxygens (including phenoxy) is 2. The largest absolute Gasteiger partial charge is 0.481 e. The van der Waals surface area contributed by atoms with E-state index in [2.05, 4.69) is 10.1 Å². The molecule has 0 heterocycles. The summed E-state index contributed by atoms with van der Waals surface area (Å²) in [7, 11) is 0. The Balaban J connectivity index is 1.76. The summed E-state index contributed by atoms with van der Waals surface area (Å²) in [5.41, 5.74) is -2.45. The second-order valence-corrected chi connectivity index (χ2v) is 9.12. The topological polar surface area (TPSA) is 211 Å². The minimum atomic E-state index is -3.02. The third-order valence-electron chi connectivity index (χ3n) is 5.99. The number of carbonyl (C=O) groups is 7. The number of nitrogens with one attached hydrogen (secondary N) is 1. The van der Waals surface area contributed by atoms with E-state index < -0.39 is 72.6 Å². The van der Waals surface area contributed by atoms with Gasteiger partial charge in [-0.15, -0.1) is 0 Å². The van der Waals surface area contributed by atoms with Gasteiger partial charge in [0.1, 0.15) is 12.5 Å². The summed E-state index contributed by atoms with van der Waals surface area (Å²) in [6, 6.07) is 21.8. The number of carboxylic acids is 2. The summed E-state index contributed by atoms with van der Waals surface area (Å²) < 4.78 is 9.56. The van der Waals surface area contributed by atoms with E-state index in [9.17, 15) is 38.7 Å². The van der Waals surface area contributed by atoms with Crippen LogP contribution in [0.4, 0.5) is 0 Å². The molecule has 13 nitrogen and oxygen atoms in total. The fraction of sp³-hybridized carbons (Fsp3) is 0.167. The second-order valence-electron chi connectivity index (χ2n) is 9.12. The molecular weight excluding hydrogens is 566 g/mol. The van der Waals surface area contributed by atoms with Crippen LogP contribution in [0.5, 0.6) is 0 Å². The lowest BCUT2D eigenvalue weighted by molar-refractivity contribution is -0.174. The van der Waals surface area contributed by atoms with Gasteiger partial charge < -0.3 is 30.1 Å². The molecule has 0 aliphatic rings. The lowest BCUT2D eigenvalue weighted by Crippen LogP contribution is -2.43. The maximum Gasteiger partial charge on any atom is 0.345 e. The molecule has 2 unspecified atom stereocenters. The lowest BCUT2D eigenvalue weighted by atomic mass is 9.87. The normalized spacial score (nSPS) is 12.6. The van der Waals surface area contributed by atoms with Gasteiger partial charge in [-0.2, -0.15) is 0 Å². The number of benzene rings is 3. The summed E-state index contributed by atoms with van der Waals surface area (Å²) in [5.74, 6) is -10.6. The highest BCUT2D eigenvalue weighted by molar-refractivity contribution is 6.03. The standard InChI is InChI=1S/C30H25NO12/c32-22(33)15-30(41,29(39)40)16-23(34)42-24(35)17-31-26(36)21-14-8-7-13-20(21)25(18-9-3-1-4-10-18)28(38)43-27(37)19-11-5-2-6-12-19/h1-14,25,41H,15-17H2,(H,31,36)(H,32,33)(H,39,40). The van der Waals surface area contributed by atoms with Crippen LogP contribution in [-0.2, 0) is 33.4 Å². The molecule has 1 amide bonds. The number of aliphatic hydroxyl groups is 1. The maximum absolute atomic E-state index is 13.3. The highest BCUT2D eigenvalue weighted by atomic mass is 16.6. The van der Waals surface area contributed by atoms with E-state index in [1.54, 1.807) is 54.6 Å². The van der Waals surface area contributed by atoms with Crippen molar-refractivity contribution in [1.82, 2.24) is 5.32 Å². The van der Waals surface area contributed by atoms with E-state index >= 15 is 0 Å². The Morgan fingerprint density at radius 3 is 1.91 bits per heavy atom. The van der Waals surface area contributed by atoms with E-state index in [1.165, 1.54) is 30.3 Å². The molecule has 3 aromatic rings. The fourth-order valence-electron chi connectivity index (χ4n) is 3.98. The molecule has 3 rings (SSSR count). The Labute approximate surface area is 243 Å². The van der Waals surface area contributed by atoms with E-state index in [1.807, 2.05) is 0 Å². The minimum Gasteiger partial charge on any atom is -0.481 e. The third-order valence-corrected chi connectivity index (χ3v) is 5.99. The number of carboxylic acid groups (broad SMARTS) is 2. The highest BCUT2D eigenvalue weighted by Gasteiger charge is 2.42. The molecule has 4 N–H and O–H groups in total. The SMILES string of the molecule is O=C(O)CC(O)(CC(=O)OC(=O)CNC(=O)c1ccccc1C(C(=O)OC(=O)c1ccccc1)c1ccccc1)C(=O)O. The third kappa shape index (κ3) is 8.65. The summed E-state index contributed by atoms with van der Waals surface area (Å²) in [6.45, 7) is -0.893. The molecule has 0 saturated heterocycles. The molecule has 0 saturated carbocycles. The summed E-state index contributed by atoms with van der Waals surface area (Å²) in [6.07, 6.45) is -2.68. The van der Waals surface area contributed by atoms with E-state index in [0.29, 0.717) is 5.56 Å². The van der Waals surface area contributed by atoms with Crippen LogP contribution in [0, 0.1) is 0 Å². The van der Waals surface area contributed by atoms with Crippen LogP contribution < -0.4 is 5.32 Å². The van der Waals surface area contributed by atoms with Gasteiger partial charge in [-0.25, -0.2) is 14.4 Å². The summed E-state index contributed by atoms with van der Waals surface area (Å²) in [4.78, 5) is 85.2. The van der Waals surface area contributed by atoms with Gasteiger partial charge >= 0.3 is 35.8 Å². The van der Waals surface area contributed by atoms with Crippen LogP contribution in [0.2, 0.25) is 0 Å². The van der Waals surface area contributed by atoms with Crippen molar-refractivity contribution in [2.75, 3.05) is 6.54 Å². The van der Waals surface area contributed by atoms with Gasteiger partial charge in [0.25, 0.3) is 5.91 Å². The molecule has 0 bridgehead atoms. The number of carbonyl (C=O) groups excluding carboxylic acids is 5. The molecule has 3 aromatic carbocycles. The minimum absolute atomic E-state index is 0.0821. The summed E-state index contributed by atoms with van der Waals surface area (Å²) in [5, 5.41) is 30.0. The van der Waals surface area contributed by atoms with Crippen LogP contribution in [0.15, 0.2) is 84.9 Å². The van der Waals surface area contributed by atoms with Crippen molar-refractivity contribution in [3.8, 4) is 0 Å². The van der Waals surface area contributed by atoms with Gasteiger partial charge in [0.15, 0.2) is 5.60 Å². The molecule has 0 fully saturated rings. The zero-order valence-electron chi connectivity index (χ0n) is 22.3. The van der Waals surface area contributed by atoms with Gasteiger partial charge in [0, 0.05) is 5.56 Å². The van der Waals surface area contributed by atoms with Crippen molar-refractivity contribution in [1.29, 1.82) is 0 Å². The van der Waals surface area contributed by atoms with Gasteiger partial charge in [-0.3, -0.25) is 19.2 Å². The van der Waals surface area contributed by atoms with Crippen LogP contribution in [0.1, 0.15) is 50.6 Å². The number of rotatable bonds is 12.